The SMILES string of the molecule is CCOC(=O)C[C@@H](N)c1cc2c(cc1[N+](=O)[O-])OCO2.Cl. The molecule has 2 N–H and O–H groups in total. The first-order valence-electron chi connectivity index (χ1n) is 6.02. The molecular formula is C12H15ClN2O6. The molecule has 8 nitrogen and oxygen atoms in total. The maximum absolute atomic E-state index is 11.4. The molecule has 0 spiro atoms. The van der Waals surface area contributed by atoms with E-state index in [4.69, 9.17) is 19.9 Å². The summed E-state index contributed by atoms with van der Waals surface area (Å²) in [6.45, 7) is 1.91. The third-order valence-electron chi connectivity index (χ3n) is 2.81. The lowest BCUT2D eigenvalue weighted by Crippen LogP contribution is -2.18. The van der Waals surface area contributed by atoms with Gasteiger partial charge in [0, 0.05) is 6.04 Å². The van der Waals surface area contributed by atoms with Gasteiger partial charge in [0.25, 0.3) is 5.69 Å². The number of benzene rings is 1. The maximum atomic E-state index is 11.4. The summed E-state index contributed by atoms with van der Waals surface area (Å²) in [6.07, 6.45) is -0.145. The molecule has 0 fully saturated rings. The number of nitro benzene ring substituents is 1. The van der Waals surface area contributed by atoms with Crippen molar-refractivity contribution in [3.8, 4) is 11.5 Å². The van der Waals surface area contributed by atoms with Crippen molar-refractivity contribution in [2.45, 2.75) is 19.4 Å². The van der Waals surface area contributed by atoms with Crippen molar-refractivity contribution in [1.82, 2.24) is 0 Å². The number of halogens is 1. The molecule has 0 radical (unpaired) electrons. The second-order valence-electron chi connectivity index (χ2n) is 4.14. The normalized spacial score (nSPS) is 13.2. The van der Waals surface area contributed by atoms with Gasteiger partial charge >= 0.3 is 5.97 Å². The number of fused-ring (bicyclic) bond motifs is 1. The van der Waals surface area contributed by atoms with Crippen LogP contribution in [0.2, 0.25) is 0 Å². The van der Waals surface area contributed by atoms with Crippen LogP contribution in [0.25, 0.3) is 0 Å². The first kappa shape index (κ1) is 17.0. The van der Waals surface area contributed by atoms with Crippen LogP contribution in [0.1, 0.15) is 24.9 Å². The molecule has 1 aliphatic rings. The van der Waals surface area contributed by atoms with Crippen molar-refractivity contribution in [3.05, 3.63) is 27.8 Å². The molecule has 0 aliphatic carbocycles. The molecule has 1 aliphatic heterocycles. The minimum absolute atomic E-state index is 0. The molecule has 1 atom stereocenters. The second kappa shape index (κ2) is 7.09. The molecule has 0 unspecified atom stereocenters. The zero-order valence-electron chi connectivity index (χ0n) is 11.2. The topological polar surface area (TPSA) is 114 Å². The van der Waals surface area contributed by atoms with E-state index >= 15 is 0 Å². The van der Waals surface area contributed by atoms with Gasteiger partial charge in [-0.05, 0) is 13.0 Å². The van der Waals surface area contributed by atoms with Gasteiger partial charge in [0.15, 0.2) is 11.5 Å². The molecule has 1 aromatic carbocycles. The van der Waals surface area contributed by atoms with Gasteiger partial charge < -0.3 is 19.9 Å². The van der Waals surface area contributed by atoms with Crippen molar-refractivity contribution in [3.63, 3.8) is 0 Å². The summed E-state index contributed by atoms with van der Waals surface area (Å²) in [5, 5.41) is 11.1. The van der Waals surface area contributed by atoms with Crippen LogP contribution in [-0.2, 0) is 9.53 Å². The number of ether oxygens (including phenoxy) is 3. The summed E-state index contributed by atoms with van der Waals surface area (Å²) in [5.41, 5.74) is 5.87. The fourth-order valence-corrected chi connectivity index (χ4v) is 1.91. The molecule has 1 heterocycles. The molecule has 0 bridgehead atoms. The Kier molecular flexibility index (Phi) is 5.74. The van der Waals surface area contributed by atoms with E-state index in [1.165, 1.54) is 12.1 Å². The molecule has 21 heavy (non-hydrogen) atoms. The van der Waals surface area contributed by atoms with Gasteiger partial charge in [-0.25, -0.2) is 0 Å². The van der Waals surface area contributed by atoms with Gasteiger partial charge in [-0.2, -0.15) is 0 Å². The van der Waals surface area contributed by atoms with Crippen LogP contribution in [0.15, 0.2) is 12.1 Å². The lowest BCUT2D eigenvalue weighted by Gasteiger charge is -2.12. The van der Waals surface area contributed by atoms with E-state index in [9.17, 15) is 14.9 Å². The molecule has 0 saturated carbocycles. The Morgan fingerprint density at radius 2 is 2.10 bits per heavy atom. The van der Waals surface area contributed by atoms with Gasteiger partial charge in [0.1, 0.15) is 0 Å². The molecule has 116 valence electrons. The predicted octanol–water partition coefficient (Wildman–Crippen LogP) is 1.70. The monoisotopic (exact) mass is 318 g/mol. The van der Waals surface area contributed by atoms with Gasteiger partial charge in [0.05, 0.1) is 29.6 Å². The maximum Gasteiger partial charge on any atom is 0.307 e. The third kappa shape index (κ3) is 3.73. The predicted molar refractivity (Wildman–Crippen MR) is 74.6 cm³/mol. The molecule has 2 rings (SSSR count). The first-order chi connectivity index (χ1) is 9.52. The Bertz CT molecular complexity index is 551. The van der Waals surface area contributed by atoms with Gasteiger partial charge in [-0.3, -0.25) is 14.9 Å². The smallest absolute Gasteiger partial charge is 0.307 e. The molecule has 0 amide bonds. The van der Waals surface area contributed by atoms with Gasteiger partial charge in [0.2, 0.25) is 6.79 Å². The number of esters is 1. The summed E-state index contributed by atoms with van der Waals surface area (Å²) in [5.74, 6) is 0.167. The van der Waals surface area contributed by atoms with Crippen molar-refractivity contribution in [2.75, 3.05) is 13.4 Å². The average molecular weight is 319 g/mol. The number of hydrogen-bond acceptors (Lipinski definition) is 7. The number of nitro groups is 1. The minimum atomic E-state index is -0.844. The summed E-state index contributed by atoms with van der Waals surface area (Å²) in [7, 11) is 0. The van der Waals surface area contributed by atoms with E-state index in [1.807, 2.05) is 0 Å². The van der Waals surface area contributed by atoms with E-state index in [0.29, 0.717) is 11.5 Å². The number of rotatable bonds is 5. The van der Waals surface area contributed by atoms with Gasteiger partial charge in [-0.1, -0.05) is 0 Å². The molecule has 1 aromatic rings. The average Bonchev–Trinajstić information content (AvgIpc) is 2.84. The quantitative estimate of drug-likeness (QED) is 0.499. The highest BCUT2D eigenvalue weighted by atomic mass is 35.5. The minimum Gasteiger partial charge on any atom is -0.466 e. The molecule has 0 saturated heterocycles. The van der Waals surface area contributed by atoms with Crippen LogP contribution < -0.4 is 15.2 Å². The van der Waals surface area contributed by atoms with E-state index in [-0.39, 0.29) is 43.5 Å². The van der Waals surface area contributed by atoms with Gasteiger partial charge in [-0.15, -0.1) is 12.4 Å². The fourth-order valence-electron chi connectivity index (χ4n) is 1.91. The summed E-state index contributed by atoms with van der Waals surface area (Å²) >= 11 is 0. The lowest BCUT2D eigenvalue weighted by molar-refractivity contribution is -0.385. The highest BCUT2D eigenvalue weighted by molar-refractivity contribution is 5.85. The summed E-state index contributed by atoms with van der Waals surface area (Å²) in [4.78, 5) is 21.9. The van der Waals surface area contributed by atoms with E-state index in [1.54, 1.807) is 6.92 Å². The third-order valence-corrected chi connectivity index (χ3v) is 2.81. The largest absolute Gasteiger partial charge is 0.466 e. The number of carbonyl (C=O) groups excluding carboxylic acids is 1. The highest BCUT2D eigenvalue weighted by Crippen LogP contribution is 2.40. The van der Waals surface area contributed by atoms with Crippen LogP contribution in [0.4, 0.5) is 5.69 Å². The molecule has 9 heteroatoms. The Morgan fingerprint density at radius 3 is 2.67 bits per heavy atom. The Labute approximate surface area is 126 Å². The van der Waals surface area contributed by atoms with Crippen LogP contribution in [0, 0.1) is 10.1 Å². The number of hydrogen-bond donors (Lipinski definition) is 1. The lowest BCUT2D eigenvalue weighted by atomic mass is 10.0. The Hall–Kier alpha value is -2.06. The fraction of sp³-hybridized carbons (Fsp3) is 0.417. The van der Waals surface area contributed by atoms with E-state index < -0.39 is 16.9 Å². The Morgan fingerprint density at radius 1 is 1.48 bits per heavy atom. The van der Waals surface area contributed by atoms with Crippen molar-refractivity contribution >= 4 is 24.1 Å². The van der Waals surface area contributed by atoms with Crippen molar-refractivity contribution < 1.29 is 23.9 Å². The standard InChI is InChI=1S/C12H14N2O6.ClH/c1-2-18-12(15)4-8(13)7-3-10-11(20-6-19-10)5-9(7)14(16)17;/h3,5,8H,2,4,6,13H2,1H3;1H/t8-;/m1./s1. The molecular weight excluding hydrogens is 304 g/mol. The summed E-state index contributed by atoms with van der Waals surface area (Å²) < 4.78 is 15.0. The Balaban J connectivity index is 0.00000220. The molecule has 0 aromatic heterocycles. The van der Waals surface area contributed by atoms with Crippen LogP contribution in [-0.4, -0.2) is 24.3 Å². The number of nitrogens with two attached hydrogens (primary N) is 1. The van der Waals surface area contributed by atoms with Crippen LogP contribution in [0.3, 0.4) is 0 Å². The van der Waals surface area contributed by atoms with Crippen molar-refractivity contribution in [1.29, 1.82) is 0 Å². The zero-order chi connectivity index (χ0) is 14.7. The summed E-state index contributed by atoms with van der Waals surface area (Å²) in [6, 6.07) is 1.84. The van der Waals surface area contributed by atoms with Crippen LogP contribution in [0.5, 0.6) is 11.5 Å². The number of nitrogens with zero attached hydrogens (tertiary/aromatic N) is 1. The van der Waals surface area contributed by atoms with E-state index in [0.717, 1.165) is 0 Å². The second-order valence-corrected chi connectivity index (χ2v) is 4.14. The first-order valence-corrected chi connectivity index (χ1v) is 6.02. The van der Waals surface area contributed by atoms with E-state index in [2.05, 4.69) is 0 Å². The number of carbonyl (C=O) groups is 1. The van der Waals surface area contributed by atoms with Crippen LogP contribution >= 0.6 is 12.4 Å². The zero-order valence-corrected chi connectivity index (χ0v) is 12.1. The van der Waals surface area contributed by atoms with Crippen molar-refractivity contribution in [2.24, 2.45) is 5.73 Å². The highest BCUT2D eigenvalue weighted by Gasteiger charge is 2.27.